The molecule has 2 N–H and O–H groups in total. The molecule has 0 aliphatic carbocycles. The largest absolute Gasteiger partial charge is 0.492 e. The molecule has 3 aromatic carbocycles. The van der Waals surface area contributed by atoms with Crippen LogP contribution in [0.25, 0.3) is 0 Å². The van der Waals surface area contributed by atoms with E-state index in [1.54, 1.807) is 18.2 Å². The van der Waals surface area contributed by atoms with E-state index in [1.165, 1.54) is 0 Å². The first-order valence-electron chi connectivity index (χ1n) is 8.06. The lowest BCUT2D eigenvalue weighted by Gasteiger charge is -2.14. The zero-order valence-corrected chi connectivity index (χ0v) is 13.7. The van der Waals surface area contributed by atoms with E-state index < -0.39 is 7.12 Å². The summed E-state index contributed by atoms with van der Waals surface area (Å²) in [6.45, 7) is 0.761. The van der Waals surface area contributed by atoms with Crippen LogP contribution in [0.2, 0.25) is 0 Å². The van der Waals surface area contributed by atoms with Crippen LogP contribution in [0.1, 0.15) is 11.1 Å². The molecule has 0 unspecified atom stereocenters. The normalized spacial score (nSPS) is 10.3. The quantitative estimate of drug-likeness (QED) is 0.652. The average molecular weight is 334 g/mol. The summed E-state index contributed by atoms with van der Waals surface area (Å²) in [5, 5.41) is 19.3. The van der Waals surface area contributed by atoms with Gasteiger partial charge in [0.2, 0.25) is 0 Å². The SMILES string of the molecule is OB(O)c1cc(OCc2ccccc2)ccc1OCc1ccccc1. The van der Waals surface area contributed by atoms with Crippen LogP contribution in [0.3, 0.4) is 0 Å². The van der Waals surface area contributed by atoms with Gasteiger partial charge in [0.05, 0.1) is 0 Å². The van der Waals surface area contributed by atoms with Gasteiger partial charge in [0.15, 0.2) is 0 Å². The Kier molecular flexibility index (Phi) is 5.72. The Balaban J connectivity index is 1.69. The van der Waals surface area contributed by atoms with Crippen LogP contribution < -0.4 is 14.9 Å². The van der Waals surface area contributed by atoms with Crippen LogP contribution in [0.15, 0.2) is 78.9 Å². The van der Waals surface area contributed by atoms with Gasteiger partial charge < -0.3 is 19.5 Å². The van der Waals surface area contributed by atoms with Crippen molar-refractivity contribution in [3.63, 3.8) is 0 Å². The first kappa shape index (κ1) is 17.1. The van der Waals surface area contributed by atoms with Gasteiger partial charge in [0, 0.05) is 5.46 Å². The minimum atomic E-state index is -1.63. The lowest BCUT2D eigenvalue weighted by atomic mass is 9.79. The van der Waals surface area contributed by atoms with E-state index in [2.05, 4.69) is 0 Å². The van der Waals surface area contributed by atoms with E-state index in [0.29, 0.717) is 24.7 Å². The van der Waals surface area contributed by atoms with Crippen molar-refractivity contribution in [1.29, 1.82) is 0 Å². The minimum absolute atomic E-state index is 0.279. The molecule has 0 heterocycles. The molecular formula is C20H19BO4. The molecule has 0 aromatic heterocycles. The van der Waals surface area contributed by atoms with Crippen LogP contribution in [0, 0.1) is 0 Å². The molecule has 0 aliphatic rings. The van der Waals surface area contributed by atoms with Gasteiger partial charge in [0.25, 0.3) is 0 Å². The minimum Gasteiger partial charge on any atom is -0.489 e. The van der Waals surface area contributed by atoms with Gasteiger partial charge in [-0.1, -0.05) is 60.7 Å². The maximum absolute atomic E-state index is 9.63. The summed E-state index contributed by atoms with van der Waals surface area (Å²) < 4.78 is 11.4. The Hall–Kier alpha value is -2.76. The molecule has 126 valence electrons. The van der Waals surface area contributed by atoms with E-state index >= 15 is 0 Å². The fraction of sp³-hybridized carbons (Fsp3) is 0.100. The van der Waals surface area contributed by atoms with E-state index in [9.17, 15) is 10.0 Å². The summed E-state index contributed by atoms with van der Waals surface area (Å²) in [4.78, 5) is 0. The molecule has 0 spiro atoms. The highest BCUT2D eigenvalue weighted by Crippen LogP contribution is 2.18. The van der Waals surface area contributed by atoms with Gasteiger partial charge in [-0.2, -0.15) is 0 Å². The number of hydrogen-bond donors (Lipinski definition) is 2. The maximum atomic E-state index is 9.63. The summed E-state index contributed by atoms with van der Waals surface area (Å²) >= 11 is 0. The molecule has 0 saturated carbocycles. The Labute approximate surface area is 147 Å². The Bertz CT molecular complexity index is 791. The molecule has 0 amide bonds. The van der Waals surface area contributed by atoms with Gasteiger partial charge in [-0.25, -0.2) is 0 Å². The van der Waals surface area contributed by atoms with Crippen LogP contribution in [-0.2, 0) is 13.2 Å². The first-order valence-corrected chi connectivity index (χ1v) is 8.06. The molecule has 0 atom stereocenters. The van der Waals surface area contributed by atoms with Crippen molar-refractivity contribution in [1.82, 2.24) is 0 Å². The molecule has 0 bridgehead atoms. The molecule has 0 radical (unpaired) electrons. The second-order valence-corrected chi connectivity index (χ2v) is 5.62. The highest BCUT2D eigenvalue weighted by Gasteiger charge is 2.18. The summed E-state index contributed by atoms with van der Waals surface area (Å²) in [6.07, 6.45) is 0. The third-order valence-corrected chi connectivity index (χ3v) is 3.74. The molecule has 25 heavy (non-hydrogen) atoms. The van der Waals surface area contributed by atoms with Gasteiger partial charge in [-0.15, -0.1) is 0 Å². The van der Waals surface area contributed by atoms with Crippen LogP contribution in [0.4, 0.5) is 0 Å². The second-order valence-electron chi connectivity index (χ2n) is 5.62. The predicted octanol–water partition coefficient (Wildman–Crippen LogP) is 2.52. The zero-order valence-electron chi connectivity index (χ0n) is 13.7. The molecule has 0 saturated heterocycles. The summed E-state index contributed by atoms with van der Waals surface area (Å²) in [5.74, 6) is 0.977. The van der Waals surface area contributed by atoms with Crippen LogP contribution in [0.5, 0.6) is 11.5 Å². The smallest absolute Gasteiger partial charge is 0.489 e. The summed E-state index contributed by atoms with van der Waals surface area (Å²) in [7, 11) is -1.63. The monoisotopic (exact) mass is 334 g/mol. The Morgan fingerprint density at radius 1 is 0.680 bits per heavy atom. The second kappa shape index (κ2) is 8.37. The average Bonchev–Trinajstić information content (AvgIpc) is 2.66. The van der Waals surface area contributed by atoms with E-state index in [0.717, 1.165) is 11.1 Å². The summed E-state index contributed by atoms with van der Waals surface area (Å²) in [5.41, 5.74) is 2.32. The first-order chi connectivity index (χ1) is 12.2. The Morgan fingerprint density at radius 3 is 1.80 bits per heavy atom. The van der Waals surface area contributed by atoms with Crippen molar-refractivity contribution in [3.05, 3.63) is 90.0 Å². The van der Waals surface area contributed by atoms with E-state index in [-0.39, 0.29) is 5.46 Å². The third-order valence-electron chi connectivity index (χ3n) is 3.74. The lowest BCUT2D eigenvalue weighted by Crippen LogP contribution is -2.31. The van der Waals surface area contributed by atoms with Crippen LogP contribution >= 0.6 is 0 Å². The van der Waals surface area contributed by atoms with Gasteiger partial charge in [0.1, 0.15) is 24.7 Å². The highest BCUT2D eigenvalue weighted by molar-refractivity contribution is 6.59. The summed E-state index contributed by atoms with van der Waals surface area (Å²) in [6, 6.07) is 24.5. The number of ether oxygens (including phenoxy) is 2. The molecule has 0 fully saturated rings. The number of rotatable bonds is 7. The molecule has 4 nitrogen and oxygen atoms in total. The topological polar surface area (TPSA) is 58.9 Å². The predicted molar refractivity (Wildman–Crippen MR) is 97.8 cm³/mol. The fourth-order valence-corrected chi connectivity index (χ4v) is 2.43. The highest BCUT2D eigenvalue weighted by atomic mass is 16.5. The van der Waals surface area contributed by atoms with Crippen molar-refractivity contribution >= 4 is 12.6 Å². The van der Waals surface area contributed by atoms with Crippen molar-refractivity contribution in [2.75, 3.05) is 0 Å². The Morgan fingerprint density at radius 2 is 1.24 bits per heavy atom. The number of hydrogen-bond acceptors (Lipinski definition) is 4. The zero-order chi connectivity index (χ0) is 17.5. The fourth-order valence-electron chi connectivity index (χ4n) is 2.43. The van der Waals surface area contributed by atoms with Crippen molar-refractivity contribution < 1.29 is 19.5 Å². The van der Waals surface area contributed by atoms with E-state index in [4.69, 9.17) is 9.47 Å². The molecule has 0 aliphatic heterocycles. The van der Waals surface area contributed by atoms with Crippen molar-refractivity contribution in [2.45, 2.75) is 13.2 Å². The molecule has 5 heteroatoms. The van der Waals surface area contributed by atoms with Crippen molar-refractivity contribution in [2.24, 2.45) is 0 Å². The van der Waals surface area contributed by atoms with E-state index in [1.807, 2.05) is 60.7 Å². The standard InChI is InChI=1S/C20H19BO4/c22-21(23)19-13-18(24-14-16-7-3-1-4-8-16)11-12-20(19)25-15-17-9-5-2-6-10-17/h1-13,22-23H,14-15H2. The maximum Gasteiger partial charge on any atom is 0.492 e. The van der Waals surface area contributed by atoms with Gasteiger partial charge in [-0.05, 0) is 29.3 Å². The molecule has 3 rings (SSSR count). The molecular weight excluding hydrogens is 315 g/mol. The van der Waals surface area contributed by atoms with Crippen molar-refractivity contribution in [3.8, 4) is 11.5 Å². The van der Waals surface area contributed by atoms with Gasteiger partial charge >= 0.3 is 7.12 Å². The third kappa shape index (κ3) is 4.86. The lowest BCUT2D eigenvalue weighted by molar-refractivity contribution is 0.297. The van der Waals surface area contributed by atoms with Gasteiger partial charge in [-0.3, -0.25) is 0 Å². The van der Waals surface area contributed by atoms with Crippen LogP contribution in [-0.4, -0.2) is 17.2 Å². The number of benzene rings is 3. The molecule has 3 aromatic rings.